The lowest BCUT2D eigenvalue weighted by Gasteiger charge is -2.16. The molecule has 17 heavy (non-hydrogen) atoms. The minimum absolute atomic E-state index is 0.00582. The average molecular weight is 248 g/mol. The second kappa shape index (κ2) is 4.65. The van der Waals surface area contributed by atoms with Gasteiger partial charge in [-0.05, 0) is 26.0 Å². The fraction of sp³-hybridized carbons (Fsp3) is 0.364. The van der Waals surface area contributed by atoms with Gasteiger partial charge in [0, 0.05) is 0 Å². The molecule has 0 saturated carbocycles. The van der Waals surface area contributed by atoms with Crippen LogP contribution in [0.3, 0.4) is 0 Å². The molecule has 1 aromatic carbocycles. The third-order valence-electron chi connectivity index (χ3n) is 2.05. The Morgan fingerprint density at radius 3 is 2.41 bits per heavy atom. The Bertz CT molecular complexity index is 438. The number of hydrogen-bond donors (Lipinski definition) is 1. The first-order valence-corrected chi connectivity index (χ1v) is 4.85. The summed E-state index contributed by atoms with van der Waals surface area (Å²) in [5.41, 5.74) is -1.43. The average Bonchev–Trinajstić information content (AvgIpc) is 2.18. The van der Waals surface area contributed by atoms with E-state index in [-0.39, 0.29) is 12.2 Å². The van der Waals surface area contributed by atoms with Crippen LogP contribution in [0.15, 0.2) is 12.1 Å². The van der Waals surface area contributed by atoms with Gasteiger partial charge in [-0.25, -0.2) is 0 Å². The highest BCUT2D eigenvalue weighted by atomic mass is 19.4. The number of ether oxygens (including phenoxy) is 1. The summed E-state index contributed by atoms with van der Waals surface area (Å²) in [5, 5.41) is 9.19. The van der Waals surface area contributed by atoms with E-state index in [0.717, 1.165) is 13.0 Å². The standard InChI is InChI=1S/C11H11F3O3/c1-3-17-10-8(6(2)15)4-7(16)5-9(10)11(12,13)14/h4-5,16H,3H2,1-2H3. The SMILES string of the molecule is CCOc1c(C(C)=O)cc(O)cc1C(F)(F)F. The molecule has 0 unspecified atom stereocenters. The minimum Gasteiger partial charge on any atom is -0.508 e. The van der Waals surface area contributed by atoms with Crippen molar-refractivity contribution in [2.24, 2.45) is 0 Å². The van der Waals surface area contributed by atoms with Crippen LogP contribution in [0.25, 0.3) is 0 Å². The third kappa shape index (κ3) is 2.89. The molecule has 6 heteroatoms. The normalized spacial score (nSPS) is 11.4. The number of aromatic hydroxyl groups is 1. The van der Waals surface area contributed by atoms with Crippen LogP contribution in [0.4, 0.5) is 13.2 Å². The Balaban J connectivity index is 3.51. The van der Waals surface area contributed by atoms with Crippen LogP contribution in [0.5, 0.6) is 11.5 Å². The first kappa shape index (κ1) is 13.3. The summed E-state index contributed by atoms with van der Waals surface area (Å²) in [7, 11) is 0. The Labute approximate surface area is 95.8 Å². The molecule has 0 bridgehead atoms. The minimum atomic E-state index is -4.69. The van der Waals surface area contributed by atoms with Gasteiger partial charge in [0.05, 0.1) is 12.2 Å². The molecule has 0 aliphatic heterocycles. The molecule has 0 aliphatic carbocycles. The Morgan fingerprint density at radius 1 is 1.41 bits per heavy atom. The number of carbonyl (C=O) groups excluding carboxylic acids is 1. The monoisotopic (exact) mass is 248 g/mol. The summed E-state index contributed by atoms with van der Waals surface area (Å²) in [6.45, 7) is 2.61. The number of Topliss-reactive ketones (excluding diaryl/α,β-unsaturated/α-hetero) is 1. The van der Waals surface area contributed by atoms with E-state index in [1.54, 1.807) is 0 Å². The Kier molecular flexibility index (Phi) is 3.65. The third-order valence-corrected chi connectivity index (χ3v) is 2.05. The van der Waals surface area contributed by atoms with Crippen molar-refractivity contribution in [2.45, 2.75) is 20.0 Å². The van der Waals surface area contributed by atoms with Crippen molar-refractivity contribution < 1.29 is 27.8 Å². The maximum Gasteiger partial charge on any atom is 0.420 e. The van der Waals surface area contributed by atoms with Crippen LogP contribution in [-0.2, 0) is 6.18 Å². The second-order valence-corrected chi connectivity index (χ2v) is 3.36. The molecule has 0 spiro atoms. The molecule has 1 N–H and O–H groups in total. The van der Waals surface area contributed by atoms with Gasteiger partial charge in [-0.1, -0.05) is 0 Å². The van der Waals surface area contributed by atoms with Crippen LogP contribution in [0, 0.1) is 0 Å². The molecule has 0 saturated heterocycles. The summed E-state index contributed by atoms with van der Waals surface area (Å²) in [5.74, 6) is -1.76. The quantitative estimate of drug-likeness (QED) is 0.836. The van der Waals surface area contributed by atoms with Gasteiger partial charge in [-0.3, -0.25) is 4.79 Å². The molecular weight excluding hydrogens is 237 g/mol. The summed E-state index contributed by atoms with van der Waals surface area (Å²) in [4.78, 5) is 11.2. The molecule has 0 aromatic heterocycles. The molecule has 1 rings (SSSR count). The Hall–Kier alpha value is -1.72. The molecule has 1 aromatic rings. The topological polar surface area (TPSA) is 46.5 Å². The van der Waals surface area contributed by atoms with Crippen molar-refractivity contribution in [3.63, 3.8) is 0 Å². The van der Waals surface area contributed by atoms with Gasteiger partial charge in [-0.15, -0.1) is 0 Å². The summed E-state index contributed by atoms with van der Waals surface area (Å²) in [6, 6.07) is 1.50. The van der Waals surface area contributed by atoms with Crippen molar-refractivity contribution in [1.29, 1.82) is 0 Å². The summed E-state index contributed by atoms with van der Waals surface area (Å²) >= 11 is 0. The molecule has 0 atom stereocenters. The predicted molar refractivity (Wildman–Crippen MR) is 54.3 cm³/mol. The van der Waals surface area contributed by atoms with Crippen LogP contribution in [0.2, 0.25) is 0 Å². The van der Waals surface area contributed by atoms with Crippen molar-refractivity contribution in [3.05, 3.63) is 23.3 Å². The van der Waals surface area contributed by atoms with Crippen molar-refractivity contribution in [3.8, 4) is 11.5 Å². The summed E-state index contributed by atoms with van der Waals surface area (Å²) in [6.07, 6.45) is -4.69. The van der Waals surface area contributed by atoms with Gasteiger partial charge in [0.2, 0.25) is 0 Å². The highest BCUT2D eigenvalue weighted by molar-refractivity contribution is 5.97. The molecule has 0 heterocycles. The van der Waals surface area contributed by atoms with Crippen LogP contribution >= 0.6 is 0 Å². The molecule has 0 aliphatic rings. The van der Waals surface area contributed by atoms with Gasteiger partial charge in [0.25, 0.3) is 0 Å². The van der Waals surface area contributed by atoms with E-state index in [0.29, 0.717) is 6.07 Å². The number of ketones is 1. The number of carbonyl (C=O) groups is 1. The number of halogens is 3. The number of hydrogen-bond acceptors (Lipinski definition) is 3. The second-order valence-electron chi connectivity index (χ2n) is 3.36. The molecule has 0 fully saturated rings. The first-order chi connectivity index (χ1) is 7.77. The number of phenolic OH excluding ortho intramolecular Hbond substituents is 1. The highest BCUT2D eigenvalue weighted by Gasteiger charge is 2.36. The van der Waals surface area contributed by atoms with Gasteiger partial charge in [0.1, 0.15) is 17.1 Å². The molecule has 0 radical (unpaired) electrons. The maximum atomic E-state index is 12.7. The van der Waals surface area contributed by atoms with Gasteiger partial charge < -0.3 is 9.84 Å². The zero-order chi connectivity index (χ0) is 13.2. The van der Waals surface area contributed by atoms with E-state index < -0.39 is 29.0 Å². The fourth-order valence-corrected chi connectivity index (χ4v) is 1.39. The largest absolute Gasteiger partial charge is 0.508 e. The Morgan fingerprint density at radius 2 is 2.00 bits per heavy atom. The fourth-order valence-electron chi connectivity index (χ4n) is 1.39. The number of alkyl halides is 3. The number of rotatable bonds is 3. The zero-order valence-electron chi connectivity index (χ0n) is 9.26. The van der Waals surface area contributed by atoms with Crippen LogP contribution in [-0.4, -0.2) is 17.5 Å². The van der Waals surface area contributed by atoms with Crippen LogP contribution < -0.4 is 4.74 Å². The van der Waals surface area contributed by atoms with E-state index in [9.17, 15) is 23.1 Å². The molecule has 0 amide bonds. The highest BCUT2D eigenvalue weighted by Crippen LogP contribution is 2.40. The van der Waals surface area contributed by atoms with E-state index in [1.807, 2.05) is 0 Å². The lowest BCUT2D eigenvalue weighted by atomic mass is 10.0. The van der Waals surface area contributed by atoms with Gasteiger partial charge in [0.15, 0.2) is 5.78 Å². The first-order valence-electron chi connectivity index (χ1n) is 4.85. The van der Waals surface area contributed by atoms with Crippen molar-refractivity contribution >= 4 is 5.78 Å². The lowest BCUT2D eigenvalue weighted by Crippen LogP contribution is -2.12. The van der Waals surface area contributed by atoms with Crippen molar-refractivity contribution in [1.82, 2.24) is 0 Å². The zero-order valence-corrected chi connectivity index (χ0v) is 9.26. The lowest BCUT2D eigenvalue weighted by molar-refractivity contribution is -0.139. The van der Waals surface area contributed by atoms with Crippen molar-refractivity contribution in [2.75, 3.05) is 6.61 Å². The smallest absolute Gasteiger partial charge is 0.420 e. The van der Waals surface area contributed by atoms with E-state index in [2.05, 4.69) is 0 Å². The summed E-state index contributed by atoms with van der Waals surface area (Å²) < 4.78 is 42.9. The van der Waals surface area contributed by atoms with Crippen LogP contribution in [0.1, 0.15) is 29.8 Å². The van der Waals surface area contributed by atoms with Gasteiger partial charge in [-0.2, -0.15) is 13.2 Å². The van der Waals surface area contributed by atoms with E-state index in [4.69, 9.17) is 4.74 Å². The molecule has 94 valence electrons. The number of benzene rings is 1. The van der Waals surface area contributed by atoms with Gasteiger partial charge >= 0.3 is 6.18 Å². The van der Waals surface area contributed by atoms with E-state index in [1.165, 1.54) is 6.92 Å². The molecule has 3 nitrogen and oxygen atoms in total. The van der Waals surface area contributed by atoms with E-state index >= 15 is 0 Å². The molecular formula is C11H11F3O3. The predicted octanol–water partition coefficient (Wildman–Crippen LogP) is 3.01. The number of phenols is 1. The maximum absolute atomic E-state index is 12.7.